The summed E-state index contributed by atoms with van der Waals surface area (Å²) in [5.41, 5.74) is 1.54. The van der Waals surface area contributed by atoms with Crippen LogP contribution in [0, 0.1) is 0 Å². The molecular weight excluding hydrogens is 344 g/mol. The molecule has 0 bridgehead atoms. The number of amides is 1. The summed E-state index contributed by atoms with van der Waals surface area (Å²) in [5.74, 6) is 1.68. The quantitative estimate of drug-likeness (QED) is 0.354. The van der Waals surface area contributed by atoms with Crippen LogP contribution >= 0.6 is 0 Å². The van der Waals surface area contributed by atoms with E-state index in [4.69, 9.17) is 4.52 Å². The Labute approximate surface area is 159 Å². The van der Waals surface area contributed by atoms with Gasteiger partial charge in [-0.1, -0.05) is 19.0 Å². The van der Waals surface area contributed by atoms with Crippen molar-refractivity contribution in [1.82, 2.24) is 26.1 Å². The molecule has 146 valence electrons. The first-order valence-electron chi connectivity index (χ1n) is 9.26. The molecule has 0 radical (unpaired) electrons. The second kappa shape index (κ2) is 10.9. The number of nitrogens with zero attached hydrogens (tertiary/aromatic N) is 3. The standard InChI is InChI=1S/C19H28N6O2/c1-4-14(5-2)17-11-16(27-25-17)13-24-19(20-3)23-10-9-22-18(26)15-7-6-8-21-12-15/h6-8,11-12,14H,4-5,9-10,13H2,1-3H3,(H,22,26)(H2,20,23,24). The first-order valence-corrected chi connectivity index (χ1v) is 9.26. The van der Waals surface area contributed by atoms with E-state index >= 15 is 0 Å². The second-order valence-electron chi connectivity index (χ2n) is 6.08. The van der Waals surface area contributed by atoms with Crippen LogP contribution in [0.5, 0.6) is 0 Å². The summed E-state index contributed by atoms with van der Waals surface area (Å²) in [7, 11) is 1.69. The number of hydrogen-bond acceptors (Lipinski definition) is 5. The molecule has 0 aliphatic carbocycles. The molecule has 0 aliphatic heterocycles. The molecule has 1 amide bonds. The zero-order chi connectivity index (χ0) is 19.5. The number of carbonyl (C=O) groups excluding carboxylic acids is 1. The maximum absolute atomic E-state index is 11.9. The van der Waals surface area contributed by atoms with Gasteiger partial charge < -0.3 is 20.5 Å². The highest BCUT2D eigenvalue weighted by atomic mass is 16.5. The predicted molar refractivity (Wildman–Crippen MR) is 105 cm³/mol. The molecule has 0 saturated carbocycles. The summed E-state index contributed by atoms with van der Waals surface area (Å²) in [6.07, 6.45) is 5.26. The van der Waals surface area contributed by atoms with Gasteiger partial charge in [0, 0.05) is 44.5 Å². The fourth-order valence-electron chi connectivity index (χ4n) is 2.66. The lowest BCUT2D eigenvalue weighted by Gasteiger charge is -2.11. The fraction of sp³-hybridized carbons (Fsp3) is 0.474. The molecule has 8 nitrogen and oxygen atoms in total. The van der Waals surface area contributed by atoms with Crippen molar-refractivity contribution in [3.63, 3.8) is 0 Å². The highest BCUT2D eigenvalue weighted by Crippen LogP contribution is 2.22. The van der Waals surface area contributed by atoms with Crippen LogP contribution in [-0.4, -0.2) is 42.1 Å². The summed E-state index contributed by atoms with van der Waals surface area (Å²) in [6, 6.07) is 5.45. The molecule has 27 heavy (non-hydrogen) atoms. The van der Waals surface area contributed by atoms with Crippen LogP contribution in [-0.2, 0) is 6.54 Å². The van der Waals surface area contributed by atoms with Gasteiger partial charge in [0.25, 0.3) is 5.91 Å². The van der Waals surface area contributed by atoms with Crippen LogP contribution in [0.2, 0.25) is 0 Å². The van der Waals surface area contributed by atoms with Crippen molar-refractivity contribution in [3.05, 3.63) is 47.6 Å². The van der Waals surface area contributed by atoms with E-state index in [0.29, 0.717) is 37.1 Å². The van der Waals surface area contributed by atoms with E-state index in [-0.39, 0.29) is 5.91 Å². The molecule has 3 N–H and O–H groups in total. The van der Waals surface area contributed by atoms with E-state index in [1.807, 2.05) is 6.07 Å². The Hall–Kier alpha value is -2.90. The number of aliphatic imine (C=N–C) groups is 1. The van der Waals surface area contributed by atoms with Crippen molar-refractivity contribution in [2.75, 3.05) is 20.1 Å². The van der Waals surface area contributed by atoms with Crippen LogP contribution in [0.25, 0.3) is 0 Å². The van der Waals surface area contributed by atoms with Crippen LogP contribution in [0.3, 0.4) is 0 Å². The minimum Gasteiger partial charge on any atom is -0.359 e. The highest BCUT2D eigenvalue weighted by molar-refractivity contribution is 5.93. The van der Waals surface area contributed by atoms with Gasteiger partial charge in [0.2, 0.25) is 0 Å². The Morgan fingerprint density at radius 2 is 2.00 bits per heavy atom. The van der Waals surface area contributed by atoms with E-state index in [1.54, 1.807) is 25.4 Å². The SMILES string of the molecule is CCC(CC)c1cc(CNC(=NC)NCCNC(=O)c2cccnc2)on1. The summed E-state index contributed by atoms with van der Waals surface area (Å²) in [6.45, 7) is 5.81. The van der Waals surface area contributed by atoms with Crippen molar-refractivity contribution < 1.29 is 9.32 Å². The molecule has 2 heterocycles. The Kier molecular flexibility index (Phi) is 8.28. The molecule has 2 aromatic heterocycles. The van der Waals surface area contributed by atoms with E-state index < -0.39 is 0 Å². The molecule has 0 unspecified atom stereocenters. The average Bonchev–Trinajstić information content (AvgIpc) is 3.17. The third-order valence-electron chi connectivity index (χ3n) is 4.26. The van der Waals surface area contributed by atoms with E-state index in [2.05, 4.69) is 44.9 Å². The molecule has 0 spiro atoms. The lowest BCUT2D eigenvalue weighted by atomic mass is 9.99. The minimum atomic E-state index is -0.150. The van der Waals surface area contributed by atoms with Gasteiger partial charge in [-0.3, -0.25) is 14.8 Å². The summed E-state index contributed by atoms with van der Waals surface area (Å²) in [5, 5.41) is 13.3. The lowest BCUT2D eigenvalue weighted by molar-refractivity contribution is 0.0954. The first-order chi connectivity index (χ1) is 13.2. The van der Waals surface area contributed by atoms with Gasteiger partial charge in [0.1, 0.15) is 0 Å². The topological polar surface area (TPSA) is 104 Å². The number of guanidine groups is 1. The van der Waals surface area contributed by atoms with Crippen LogP contribution in [0.15, 0.2) is 40.1 Å². The molecule has 0 aliphatic rings. The number of carbonyl (C=O) groups is 1. The molecule has 0 atom stereocenters. The molecule has 0 fully saturated rings. The summed E-state index contributed by atoms with van der Waals surface area (Å²) in [4.78, 5) is 20.0. The Morgan fingerprint density at radius 3 is 2.67 bits per heavy atom. The Bertz CT molecular complexity index is 725. The number of rotatable bonds is 9. The smallest absolute Gasteiger partial charge is 0.252 e. The van der Waals surface area contributed by atoms with Crippen molar-refractivity contribution in [2.45, 2.75) is 39.2 Å². The number of aromatic nitrogens is 2. The second-order valence-corrected chi connectivity index (χ2v) is 6.08. The summed E-state index contributed by atoms with van der Waals surface area (Å²) >= 11 is 0. The third-order valence-corrected chi connectivity index (χ3v) is 4.26. The number of pyridine rings is 1. The minimum absolute atomic E-state index is 0.150. The van der Waals surface area contributed by atoms with Gasteiger partial charge in [0.15, 0.2) is 11.7 Å². The Morgan fingerprint density at radius 1 is 1.22 bits per heavy atom. The van der Waals surface area contributed by atoms with Crippen LogP contribution < -0.4 is 16.0 Å². The van der Waals surface area contributed by atoms with Gasteiger partial charge in [-0.05, 0) is 25.0 Å². The lowest BCUT2D eigenvalue weighted by Crippen LogP contribution is -2.41. The van der Waals surface area contributed by atoms with E-state index in [9.17, 15) is 4.79 Å². The van der Waals surface area contributed by atoms with Crippen LogP contribution in [0.4, 0.5) is 0 Å². The van der Waals surface area contributed by atoms with Gasteiger partial charge in [-0.15, -0.1) is 0 Å². The third kappa shape index (κ3) is 6.40. The molecular formula is C19H28N6O2. The maximum atomic E-state index is 11.9. The van der Waals surface area contributed by atoms with Crippen molar-refractivity contribution in [2.24, 2.45) is 4.99 Å². The maximum Gasteiger partial charge on any atom is 0.252 e. The monoisotopic (exact) mass is 372 g/mol. The average molecular weight is 372 g/mol. The molecule has 2 rings (SSSR count). The number of nitrogens with one attached hydrogen (secondary N) is 3. The van der Waals surface area contributed by atoms with Crippen molar-refractivity contribution in [1.29, 1.82) is 0 Å². The Balaban J connectivity index is 1.71. The van der Waals surface area contributed by atoms with Crippen molar-refractivity contribution in [3.8, 4) is 0 Å². The molecule has 0 aromatic carbocycles. The zero-order valence-electron chi connectivity index (χ0n) is 16.2. The van der Waals surface area contributed by atoms with E-state index in [0.717, 1.165) is 24.3 Å². The van der Waals surface area contributed by atoms with Crippen LogP contribution in [0.1, 0.15) is 54.4 Å². The summed E-state index contributed by atoms with van der Waals surface area (Å²) < 4.78 is 5.39. The van der Waals surface area contributed by atoms with Gasteiger partial charge in [-0.25, -0.2) is 0 Å². The predicted octanol–water partition coefficient (Wildman–Crippen LogP) is 2.07. The van der Waals surface area contributed by atoms with Gasteiger partial charge in [-0.2, -0.15) is 0 Å². The molecule has 0 saturated heterocycles. The normalized spacial score (nSPS) is 11.5. The van der Waals surface area contributed by atoms with Gasteiger partial charge in [0.05, 0.1) is 17.8 Å². The van der Waals surface area contributed by atoms with Gasteiger partial charge >= 0.3 is 0 Å². The highest BCUT2D eigenvalue weighted by Gasteiger charge is 2.13. The van der Waals surface area contributed by atoms with Crippen molar-refractivity contribution >= 4 is 11.9 Å². The fourth-order valence-corrected chi connectivity index (χ4v) is 2.66. The van der Waals surface area contributed by atoms with E-state index in [1.165, 1.54) is 6.20 Å². The zero-order valence-corrected chi connectivity index (χ0v) is 16.2. The first kappa shape index (κ1) is 20.4. The largest absolute Gasteiger partial charge is 0.359 e. The molecule has 2 aromatic rings. The molecule has 8 heteroatoms. The number of hydrogen-bond donors (Lipinski definition) is 3.